The lowest BCUT2D eigenvalue weighted by atomic mass is 10.0. The lowest BCUT2D eigenvalue weighted by molar-refractivity contribution is 0.406. The highest BCUT2D eigenvalue weighted by Crippen LogP contribution is 2.25. The minimum absolute atomic E-state index is 0.328. The number of nitrogens with zero attached hydrogens (tertiary/aromatic N) is 1. The molecule has 0 amide bonds. The Kier molecular flexibility index (Phi) is 7.12. The normalized spacial score (nSPS) is 14.1. The quantitative estimate of drug-likeness (QED) is 0.592. The van der Waals surface area contributed by atoms with Gasteiger partial charge in [-0.3, -0.25) is 4.99 Å². The summed E-state index contributed by atoms with van der Waals surface area (Å²) < 4.78 is 5.45. The average molecular weight is 346 g/mol. The monoisotopic (exact) mass is 345 g/mol. The van der Waals surface area contributed by atoms with Crippen LogP contribution in [-0.4, -0.2) is 33.2 Å². The van der Waals surface area contributed by atoms with E-state index in [1.165, 1.54) is 11.1 Å². The van der Waals surface area contributed by atoms with Crippen LogP contribution in [0.25, 0.3) is 0 Å². The molecule has 5 heteroatoms. The van der Waals surface area contributed by atoms with Gasteiger partial charge in [0.15, 0.2) is 5.96 Å². The molecule has 1 heterocycles. The first-order chi connectivity index (χ1) is 11.7. The van der Waals surface area contributed by atoms with Crippen molar-refractivity contribution >= 4 is 17.3 Å². The van der Waals surface area contributed by atoms with Crippen molar-refractivity contribution in [3.05, 3.63) is 52.2 Å². The van der Waals surface area contributed by atoms with Gasteiger partial charge in [0.2, 0.25) is 0 Å². The summed E-state index contributed by atoms with van der Waals surface area (Å²) in [5.41, 5.74) is 2.57. The average Bonchev–Trinajstić information content (AvgIpc) is 3.16. The highest BCUT2D eigenvalue weighted by Gasteiger charge is 2.12. The van der Waals surface area contributed by atoms with Crippen molar-refractivity contribution in [3.8, 4) is 5.75 Å². The molecule has 0 saturated carbocycles. The Labute approximate surface area is 149 Å². The number of para-hydroxylation sites is 1. The molecular formula is C19H27N3OS. The summed E-state index contributed by atoms with van der Waals surface area (Å²) in [5.74, 6) is 2.55. The van der Waals surface area contributed by atoms with E-state index in [4.69, 9.17) is 4.74 Å². The summed E-state index contributed by atoms with van der Waals surface area (Å²) in [7, 11) is 3.52. The van der Waals surface area contributed by atoms with Gasteiger partial charge < -0.3 is 15.4 Å². The summed E-state index contributed by atoms with van der Waals surface area (Å²) in [6.07, 6.45) is 0. The van der Waals surface area contributed by atoms with Gasteiger partial charge in [0.1, 0.15) is 5.75 Å². The lowest BCUT2D eigenvalue weighted by Crippen LogP contribution is -2.40. The van der Waals surface area contributed by atoms with E-state index in [-0.39, 0.29) is 0 Å². The van der Waals surface area contributed by atoms with E-state index in [9.17, 15) is 0 Å². The van der Waals surface area contributed by atoms with Gasteiger partial charge in [0.25, 0.3) is 0 Å². The van der Waals surface area contributed by atoms with E-state index in [0.717, 1.165) is 24.8 Å². The fourth-order valence-electron chi connectivity index (χ4n) is 2.58. The zero-order valence-corrected chi connectivity index (χ0v) is 15.7. The Bertz CT molecular complexity index is 640. The fraction of sp³-hybridized carbons (Fsp3) is 0.421. The third kappa shape index (κ3) is 4.99. The molecule has 0 fully saturated rings. The predicted molar refractivity (Wildman–Crippen MR) is 104 cm³/mol. The van der Waals surface area contributed by atoms with Gasteiger partial charge in [-0.05, 0) is 39.9 Å². The van der Waals surface area contributed by atoms with E-state index >= 15 is 0 Å². The summed E-state index contributed by atoms with van der Waals surface area (Å²) in [6, 6.07) is 10.3. The van der Waals surface area contributed by atoms with Crippen LogP contribution in [0.4, 0.5) is 0 Å². The molecular weight excluding hydrogens is 318 g/mol. The molecule has 0 aliphatic heterocycles. The molecule has 0 spiro atoms. The van der Waals surface area contributed by atoms with E-state index in [1.54, 1.807) is 25.5 Å². The molecule has 2 unspecified atom stereocenters. The highest BCUT2D eigenvalue weighted by atomic mass is 32.1. The predicted octanol–water partition coefficient (Wildman–Crippen LogP) is 3.83. The van der Waals surface area contributed by atoms with Crippen molar-refractivity contribution in [1.82, 2.24) is 10.6 Å². The van der Waals surface area contributed by atoms with Crippen molar-refractivity contribution in [3.63, 3.8) is 0 Å². The summed E-state index contributed by atoms with van der Waals surface area (Å²) in [4.78, 5) is 4.32. The minimum atomic E-state index is 0.328. The molecule has 1 aromatic heterocycles. The SMILES string of the molecule is CN=C(NCC(C)c1ccsc1)NCC(C)c1ccccc1OC. The van der Waals surface area contributed by atoms with Crippen LogP contribution in [0, 0.1) is 0 Å². The maximum absolute atomic E-state index is 5.45. The number of guanidine groups is 1. The molecule has 0 aliphatic rings. The smallest absolute Gasteiger partial charge is 0.191 e. The molecule has 0 saturated heterocycles. The van der Waals surface area contributed by atoms with Crippen molar-refractivity contribution in [2.45, 2.75) is 25.7 Å². The number of hydrogen-bond acceptors (Lipinski definition) is 3. The molecule has 130 valence electrons. The van der Waals surface area contributed by atoms with Crippen LogP contribution in [0.1, 0.15) is 36.8 Å². The highest BCUT2D eigenvalue weighted by molar-refractivity contribution is 7.07. The van der Waals surface area contributed by atoms with Crippen molar-refractivity contribution in [1.29, 1.82) is 0 Å². The largest absolute Gasteiger partial charge is 0.496 e. The number of thiophene rings is 1. The molecule has 1 aromatic carbocycles. The number of methoxy groups -OCH3 is 1. The Morgan fingerprint density at radius 1 is 1.12 bits per heavy atom. The van der Waals surface area contributed by atoms with E-state index in [1.807, 2.05) is 18.2 Å². The topological polar surface area (TPSA) is 45.7 Å². The van der Waals surface area contributed by atoms with Gasteiger partial charge >= 0.3 is 0 Å². The summed E-state index contributed by atoms with van der Waals surface area (Å²) in [6.45, 7) is 6.07. The Balaban J connectivity index is 1.85. The maximum atomic E-state index is 5.45. The van der Waals surface area contributed by atoms with Gasteiger partial charge in [-0.1, -0.05) is 32.0 Å². The number of aliphatic imine (C=N–C) groups is 1. The fourth-order valence-corrected chi connectivity index (χ4v) is 3.36. The first-order valence-corrected chi connectivity index (χ1v) is 9.19. The van der Waals surface area contributed by atoms with Crippen LogP contribution in [0.5, 0.6) is 5.75 Å². The van der Waals surface area contributed by atoms with Gasteiger partial charge in [-0.25, -0.2) is 0 Å². The molecule has 4 nitrogen and oxygen atoms in total. The van der Waals surface area contributed by atoms with E-state index in [2.05, 4.69) is 52.4 Å². The third-order valence-corrected chi connectivity index (χ3v) is 4.86. The van der Waals surface area contributed by atoms with Crippen LogP contribution >= 0.6 is 11.3 Å². The number of benzene rings is 1. The van der Waals surface area contributed by atoms with Crippen molar-refractivity contribution in [2.75, 3.05) is 27.2 Å². The van der Waals surface area contributed by atoms with Gasteiger partial charge in [0, 0.05) is 26.1 Å². The Morgan fingerprint density at radius 2 is 1.83 bits per heavy atom. The Morgan fingerprint density at radius 3 is 2.46 bits per heavy atom. The van der Waals surface area contributed by atoms with Crippen LogP contribution in [-0.2, 0) is 0 Å². The summed E-state index contributed by atoms with van der Waals surface area (Å²) >= 11 is 1.74. The zero-order chi connectivity index (χ0) is 17.4. The zero-order valence-electron chi connectivity index (χ0n) is 14.9. The summed E-state index contributed by atoms with van der Waals surface area (Å²) in [5, 5.41) is 11.1. The minimum Gasteiger partial charge on any atom is -0.496 e. The second-order valence-corrected chi connectivity index (χ2v) is 6.71. The molecule has 0 aliphatic carbocycles. The molecule has 24 heavy (non-hydrogen) atoms. The Hall–Kier alpha value is -2.01. The first-order valence-electron chi connectivity index (χ1n) is 8.25. The van der Waals surface area contributed by atoms with Crippen LogP contribution < -0.4 is 15.4 Å². The van der Waals surface area contributed by atoms with Gasteiger partial charge in [-0.15, -0.1) is 0 Å². The standard InChI is InChI=1S/C19H27N3OS/c1-14(16-9-10-24-13-16)11-21-19(20-3)22-12-15(2)17-7-5-6-8-18(17)23-4/h5-10,13-15H,11-12H2,1-4H3,(H2,20,21,22). The molecule has 2 aromatic rings. The second kappa shape index (κ2) is 9.33. The van der Waals surface area contributed by atoms with Crippen molar-refractivity contribution < 1.29 is 4.74 Å². The number of ether oxygens (including phenoxy) is 1. The molecule has 2 N–H and O–H groups in total. The van der Waals surface area contributed by atoms with E-state index < -0.39 is 0 Å². The maximum Gasteiger partial charge on any atom is 0.191 e. The van der Waals surface area contributed by atoms with Crippen molar-refractivity contribution in [2.24, 2.45) is 4.99 Å². The van der Waals surface area contributed by atoms with Crippen LogP contribution in [0.15, 0.2) is 46.1 Å². The number of hydrogen-bond donors (Lipinski definition) is 2. The van der Waals surface area contributed by atoms with Crippen LogP contribution in [0.2, 0.25) is 0 Å². The first kappa shape index (κ1) is 18.3. The molecule has 2 rings (SSSR count). The van der Waals surface area contributed by atoms with Gasteiger partial charge in [-0.2, -0.15) is 11.3 Å². The molecule has 2 atom stereocenters. The molecule has 0 bridgehead atoms. The number of rotatable bonds is 7. The lowest BCUT2D eigenvalue weighted by Gasteiger charge is -2.19. The number of nitrogens with one attached hydrogen (secondary N) is 2. The second-order valence-electron chi connectivity index (χ2n) is 5.93. The van der Waals surface area contributed by atoms with Gasteiger partial charge in [0.05, 0.1) is 7.11 Å². The third-order valence-electron chi connectivity index (χ3n) is 4.16. The van der Waals surface area contributed by atoms with Crippen LogP contribution in [0.3, 0.4) is 0 Å². The van der Waals surface area contributed by atoms with E-state index in [0.29, 0.717) is 11.8 Å². The molecule has 0 radical (unpaired) electrons.